The van der Waals surface area contributed by atoms with Crippen molar-refractivity contribution in [3.05, 3.63) is 0 Å². The van der Waals surface area contributed by atoms with Crippen LogP contribution in [0.2, 0.25) is 0 Å². The standard InChI is InChI=1S/C21H34O6.C19H30O8/c1-4-13(2)17-19-20(27-21(26-19)10-6-5-7-11-21)18-15(25-17)9-8-14(24-18)12-16(22)23-3;1-23-14(22)9-11-5-6-13-16(24-11)18-17(15(25-13)12(21)10-20)26-19(27-18)7-3-2-4-8-19/h13-15,17-20H,4-12H2,1-3H3;11-13,15-18,20-21H,2-10H2,1H3/t13-,14-,15+,17+,18+,19?,20+;11-,12-,13+,15+,16+,17?,18+/m11/s1. The number of rotatable bonds is 8. The van der Waals surface area contributed by atoms with E-state index in [0.29, 0.717) is 18.8 Å². The summed E-state index contributed by atoms with van der Waals surface area (Å²) in [5.41, 5.74) is 0. The third-order valence-corrected chi connectivity index (χ3v) is 13.2. The van der Waals surface area contributed by atoms with Crippen molar-refractivity contribution in [1.29, 1.82) is 0 Å². The smallest absolute Gasteiger partial charge is 0.308 e. The molecule has 2 saturated carbocycles. The Balaban J connectivity index is 0.000000167. The van der Waals surface area contributed by atoms with Gasteiger partial charge in [0.1, 0.15) is 48.8 Å². The number of hydrogen-bond acceptors (Lipinski definition) is 14. The monoisotopic (exact) mass is 768 g/mol. The van der Waals surface area contributed by atoms with E-state index in [1.807, 2.05) is 0 Å². The first-order valence-corrected chi connectivity index (χ1v) is 20.9. The molecule has 0 radical (unpaired) electrons. The van der Waals surface area contributed by atoms with Gasteiger partial charge in [0.25, 0.3) is 0 Å². The van der Waals surface area contributed by atoms with Crippen LogP contribution in [0.15, 0.2) is 0 Å². The third-order valence-electron chi connectivity index (χ3n) is 13.2. The van der Waals surface area contributed by atoms with E-state index < -0.39 is 36.5 Å². The van der Waals surface area contributed by atoms with Crippen molar-refractivity contribution in [3.8, 4) is 0 Å². The van der Waals surface area contributed by atoms with E-state index in [-0.39, 0.29) is 85.8 Å². The second kappa shape index (κ2) is 17.6. The molecule has 14 atom stereocenters. The number of carbonyl (C=O) groups is 2. The number of esters is 2. The van der Waals surface area contributed by atoms with E-state index in [4.69, 9.17) is 47.4 Å². The topological polar surface area (TPSA) is 167 Å². The van der Waals surface area contributed by atoms with Gasteiger partial charge < -0.3 is 57.6 Å². The molecule has 8 aliphatic rings. The predicted molar refractivity (Wildman–Crippen MR) is 190 cm³/mol. The Kier molecular flexibility index (Phi) is 13.3. The maximum atomic E-state index is 11.7. The summed E-state index contributed by atoms with van der Waals surface area (Å²) in [7, 11) is 2.79. The Morgan fingerprint density at radius 3 is 1.48 bits per heavy atom. The molecule has 6 heterocycles. The molecule has 6 aliphatic heterocycles. The Morgan fingerprint density at radius 1 is 0.630 bits per heavy atom. The van der Waals surface area contributed by atoms with Gasteiger partial charge in [0.2, 0.25) is 0 Å². The Bertz CT molecular complexity index is 1160. The highest BCUT2D eigenvalue weighted by molar-refractivity contribution is 5.70. The average Bonchev–Trinajstić information content (AvgIpc) is 3.75. The highest BCUT2D eigenvalue weighted by Crippen LogP contribution is 2.50. The van der Waals surface area contributed by atoms with Crippen LogP contribution in [0.3, 0.4) is 0 Å². The van der Waals surface area contributed by atoms with Crippen LogP contribution in [-0.2, 0) is 57.0 Å². The van der Waals surface area contributed by atoms with E-state index in [9.17, 15) is 19.8 Å². The van der Waals surface area contributed by atoms with Gasteiger partial charge in [-0.2, -0.15) is 0 Å². The van der Waals surface area contributed by atoms with Crippen LogP contribution in [0.25, 0.3) is 0 Å². The normalized spacial score (nSPS) is 41.6. The number of aliphatic hydroxyl groups excluding tert-OH is 2. The summed E-state index contributed by atoms with van der Waals surface area (Å²) in [6, 6.07) is 0. The SMILES string of the molecule is CC[C@@H](C)[C@@H]1O[C@H]2CC[C@H](CC(=O)OC)O[C@@H]2[C@@H]2OC3(CCCCC3)OC21.COC(=O)C[C@H]1CC[C@@H]2O[C@@H]([C@H](O)CO)C3OC4(CCCCC4)O[C@H]3[C@H]2O1. The summed E-state index contributed by atoms with van der Waals surface area (Å²) in [5.74, 6) is -1.23. The predicted octanol–water partition coefficient (Wildman–Crippen LogP) is 4.02. The lowest BCUT2D eigenvalue weighted by Gasteiger charge is -2.47. The lowest BCUT2D eigenvalue weighted by atomic mass is 9.84. The second-order valence-corrected chi connectivity index (χ2v) is 16.8. The van der Waals surface area contributed by atoms with Gasteiger partial charge in [-0.15, -0.1) is 0 Å². The molecule has 308 valence electrons. The Labute approximate surface area is 319 Å². The van der Waals surface area contributed by atoms with Crippen LogP contribution in [-0.4, -0.2) is 134 Å². The molecular formula is C40H64O14. The summed E-state index contributed by atoms with van der Waals surface area (Å²) in [6.45, 7) is 4.04. The van der Waals surface area contributed by atoms with Gasteiger partial charge in [0.05, 0.1) is 64.2 Å². The van der Waals surface area contributed by atoms with Crippen molar-refractivity contribution in [2.24, 2.45) is 5.92 Å². The van der Waals surface area contributed by atoms with Crippen LogP contribution in [0.4, 0.5) is 0 Å². The molecule has 0 aromatic carbocycles. The summed E-state index contributed by atoms with van der Waals surface area (Å²) >= 11 is 0. The average molecular weight is 769 g/mol. The summed E-state index contributed by atoms with van der Waals surface area (Å²) in [5, 5.41) is 19.8. The maximum absolute atomic E-state index is 11.7. The lowest BCUT2D eigenvalue weighted by Crippen LogP contribution is -2.62. The minimum Gasteiger partial charge on any atom is -0.469 e. The van der Waals surface area contributed by atoms with Crippen molar-refractivity contribution in [3.63, 3.8) is 0 Å². The fourth-order valence-electron chi connectivity index (χ4n) is 10.1. The zero-order chi connectivity index (χ0) is 38.0. The van der Waals surface area contributed by atoms with E-state index in [0.717, 1.165) is 77.0 Å². The highest BCUT2D eigenvalue weighted by Gasteiger charge is 2.62. The number of ether oxygens (including phenoxy) is 10. The highest BCUT2D eigenvalue weighted by atomic mass is 16.8. The zero-order valence-corrected chi connectivity index (χ0v) is 32.6. The molecule has 2 aliphatic carbocycles. The Morgan fingerprint density at radius 2 is 1.06 bits per heavy atom. The van der Waals surface area contributed by atoms with Crippen molar-refractivity contribution in [1.82, 2.24) is 0 Å². The zero-order valence-electron chi connectivity index (χ0n) is 32.6. The second-order valence-electron chi connectivity index (χ2n) is 16.8. The van der Waals surface area contributed by atoms with Crippen LogP contribution in [0.5, 0.6) is 0 Å². The molecule has 2 spiro atoms. The molecule has 54 heavy (non-hydrogen) atoms. The lowest BCUT2D eigenvalue weighted by molar-refractivity contribution is -0.256. The molecule has 14 nitrogen and oxygen atoms in total. The summed E-state index contributed by atoms with van der Waals surface area (Å²) < 4.78 is 60.7. The van der Waals surface area contributed by atoms with E-state index in [1.54, 1.807) is 0 Å². The van der Waals surface area contributed by atoms with Gasteiger partial charge in [-0.05, 0) is 57.3 Å². The quantitative estimate of drug-likeness (QED) is 0.340. The van der Waals surface area contributed by atoms with Crippen LogP contribution in [0, 0.1) is 5.92 Å². The molecule has 8 rings (SSSR count). The minimum atomic E-state index is -1.03. The van der Waals surface area contributed by atoms with Crippen LogP contribution in [0.1, 0.15) is 123 Å². The van der Waals surface area contributed by atoms with Gasteiger partial charge in [-0.3, -0.25) is 9.59 Å². The molecular weight excluding hydrogens is 704 g/mol. The van der Waals surface area contributed by atoms with Gasteiger partial charge in [0.15, 0.2) is 11.6 Å². The molecule has 2 unspecified atom stereocenters. The third kappa shape index (κ3) is 8.54. The summed E-state index contributed by atoms with van der Waals surface area (Å²) in [6.07, 6.45) is 11.1. The van der Waals surface area contributed by atoms with Crippen molar-refractivity contribution in [2.75, 3.05) is 20.8 Å². The van der Waals surface area contributed by atoms with E-state index in [1.165, 1.54) is 20.6 Å². The number of aliphatic hydroxyl groups is 2. The fourth-order valence-corrected chi connectivity index (χ4v) is 10.1. The summed E-state index contributed by atoms with van der Waals surface area (Å²) in [4.78, 5) is 23.3. The molecule has 0 amide bonds. The van der Waals surface area contributed by atoms with Crippen molar-refractivity contribution < 1.29 is 67.2 Å². The van der Waals surface area contributed by atoms with Gasteiger partial charge in [0, 0.05) is 25.7 Å². The van der Waals surface area contributed by atoms with E-state index in [2.05, 4.69) is 13.8 Å². The molecule has 0 aromatic heterocycles. The first kappa shape index (κ1) is 40.7. The van der Waals surface area contributed by atoms with Crippen LogP contribution >= 0.6 is 0 Å². The largest absolute Gasteiger partial charge is 0.469 e. The van der Waals surface area contributed by atoms with Crippen molar-refractivity contribution in [2.45, 2.75) is 214 Å². The molecule has 0 bridgehead atoms. The molecule has 14 heteroatoms. The molecule has 0 aromatic rings. The number of fused-ring (bicyclic) bond motifs is 6. The van der Waals surface area contributed by atoms with E-state index >= 15 is 0 Å². The van der Waals surface area contributed by atoms with Crippen LogP contribution < -0.4 is 0 Å². The van der Waals surface area contributed by atoms with Gasteiger partial charge in [-0.25, -0.2) is 0 Å². The first-order chi connectivity index (χ1) is 26.1. The maximum Gasteiger partial charge on any atom is 0.308 e. The van der Waals surface area contributed by atoms with Crippen molar-refractivity contribution >= 4 is 11.9 Å². The minimum absolute atomic E-state index is 0.0153. The molecule has 8 fully saturated rings. The fraction of sp³-hybridized carbons (Fsp3) is 0.950. The van der Waals surface area contributed by atoms with Gasteiger partial charge in [-0.1, -0.05) is 33.1 Å². The molecule has 2 N–H and O–H groups in total. The number of carbonyl (C=O) groups excluding carboxylic acids is 2. The first-order valence-electron chi connectivity index (χ1n) is 20.9. The number of methoxy groups -OCH3 is 2. The molecule has 6 saturated heterocycles. The Hall–Kier alpha value is -1.46. The van der Waals surface area contributed by atoms with Gasteiger partial charge >= 0.3 is 11.9 Å². The number of hydrogen-bond donors (Lipinski definition) is 2.